The van der Waals surface area contributed by atoms with Gasteiger partial charge in [-0.25, -0.2) is 0 Å². The first-order valence-corrected chi connectivity index (χ1v) is 20.4. The topological polar surface area (TPSA) is 172 Å². The third-order valence-corrected chi connectivity index (χ3v) is 8.99. The average Bonchev–Trinajstić information content (AvgIpc) is 3.11. The monoisotopic (exact) mass is 756 g/mol. The second-order valence-electron chi connectivity index (χ2n) is 14.4. The van der Waals surface area contributed by atoms with Crippen molar-refractivity contribution < 1.29 is 52.8 Å². The van der Waals surface area contributed by atoms with Gasteiger partial charge >= 0.3 is 5.97 Å². The van der Waals surface area contributed by atoms with Crippen LogP contribution in [0.4, 0.5) is 0 Å². The van der Waals surface area contributed by atoms with E-state index in [1.54, 1.807) is 6.92 Å². The lowest BCUT2D eigenvalue weighted by Crippen LogP contribution is -2.29. The Morgan fingerprint density at radius 1 is 0.528 bits per heavy atom. The maximum absolute atomic E-state index is 12.4. The Kier molecular flexibility index (Phi) is 34.7. The number of ketones is 4. The van der Waals surface area contributed by atoms with Crippen LogP contribution >= 0.6 is 0 Å². The van der Waals surface area contributed by atoms with E-state index in [4.69, 9.17) is 18.9 Å². The molecular formula is C41H73NO11. The highest BCUT2D eigenvalue weighted by atomic mass is 16.5. The van der Waals surface area contributed by atoms with Crippen molar-refractivity contribution in [1.82, 2.24) is 5.32 Å². The van der Waals surface area contributed by atoms with Crippen molar-refractivity contribution >= 4 is 35.0 Å². The molecule has 0 heterocycles. The van der Waals surface area contributed by atoms with Crippen LogP contribution in [0.1, 0.15) is 156 Å². The maximum atomic E-state index is 12.4. The SMILES string of the molecule is CC(=O)CCCCCCCCCCCCCCCCC(=O)C[C@@H](CCC(=O)NCCOCCOCC(=O)CCCOCCOCC(=O)C(C)C)C(=O)O. The molecule has 1 atom stereocenters. The third kappa shape index (κ3) is 36.2. The molecular weight excluding hydrogens is 682 g/mol. The Morgan fingerprint density at radius 3 is 1.53 bits per heavy atom. The van der Waals surface area contributed by atoms with E-state index < -0.39 is 11.9 Å². The average molecular weight is 756 g/mol. The standard InChI is InChI=1S/C41H73NO11/c1-34(2)39(46)33-53-30-27-50-25-18-21-38(45)32-52-29-28-51-26-24-42-40(47)23-22-36(41(48)49)31-37(44)20-17-15-13-11-9-7-5-4-6-8-10-12-14-16-19-35(3)43/h34,36H,4-33H2,1-3H3,(H,42,47)(H,48,49)/t36-/m1/s1. The van der Waals surface area contributed by atoms with Crippen LogP contribution < -0.4 is 5.32 Å². The van der Waals surface area contributed by atoms with Crippen LogP contribution in [-0.2, 0) is 47.7 Å². The fraction of sp³-hybridized carbons (Fsp3) is 0.854. The first-order valence-electron chi connectivity index (χ1n) is 20.4. The van der Waals surface area contributed by atoms with E-state index in [1.807, 2.05) is 13.8 Å². The summed E-state index contributed by atoms with van der Waals surface area (Å²) >= 11 is 0. The van der Waals surface area contributed by atoms with Crippen LogP contribution in [0.2, 0.25) is 0 Å². The zero-order chi connectivity index (χ0) is 39.4. The maximum Gasteiger partial charge on any atom is 0.306 e. The first-order chi connectivity index (χ1) is 25.5. The van der Waals surface area contributed by atoms with Gasteiger partial charge in [0.25, 0.3) is 0 Å². The summed E-state index contributed by atoms with van der Waals surface area (Å²) in [5, 5.41) is 12.3. The predicted octanol–water partition coefficient (Wildman–Crippen LogP) is 7.01. The summed E-state index contributed by atoms with van der Waals surface area (Å²) in [6.07, 6.45) is 18.4. The molecule has 0 fully saturated rings. The van der Waals surface area contributed by atoms with Crippen molar-refractivity contribution in [2.45, 2.75) is 156 Å². The van der Waals surface area contributed by atoms with Crippen molar-refractivity contribution in [3.05, 3.63) is 0 Å². The quantitative estimate of drug-likeness (QED) is 0.0615. The van der Waals surface area contributed by atoms with E-state index in [0.29, 0.717) is 44.9 Å². The molecule has 0 saturated carbocycles. The van der Waals surface area contributed by atoms with Crippen molar-refractivity contribution in [2.24, 2.45) is 11.8 Å². The molecule has 12 nitrogen and oxygen atoms in total. The number of aliphatic carboxylic acids is 1. The second-order valence-corrected chi connectivity index (χ2v) is 14.4. The van der Waals surface area contributed by atoms with Gasteiger partial charge in [0, 0.05) is 51.2 Å². The summed E-state index contributed by atoms with van der Waals surface area (Å²) in [5.74, 6) is -2.00. The molecule has 0 saturated heterocycles. The zero-order valence-electron chi connectivity index (χ0n) is 33.4. The number of hydrogen-bond acceptors (Lipinski definition) is 10. The highest BCUT2D eigenvalue weighted by Crippen LogP contribution is 2.17. The molecule has 0 spiro atoms. The van der Waals surface area contributed by atoms with E-state index in [-0.39, 0.29) is 88.0 Å². The number of carboxylic acids is 1. The van der Waals surface area contributed by atoms with Gasteiger partial charge in [-0.2, -0.15) is 0 Å². The van der Waals surface area contributed by atoms with Crippen molar-refractivity contribution in [2.75, 3.05) is 59.4 Å². The summed E-state index contributed by atoms with van der Waals surface area (Å²) in [6.45, 7) is 7.54. The molecule has 0 aliphatic carbocycles. The Morgan fingerprint density at radius 2 is 1.00 bits per heavy atom. The summed E-state index contributed by atoms with van der Waals surface area (Å²) in [4.78, 5) is 70.6. The smallest absolute Gasteiger partial charge is 0.306 e. The Hall–Kier alpha value is -2.54. The summed E-state index contributed by atoms with van der Waals surface area (Å²) in [6, 6.07) is 0. The molecule has 1 amide bonds. The molecule has 0 aliphatic rings. The van der Waals surface area contributed by atoms with E-state index in [2.05, 4.69) is 5.32 Å². The van der Waals surface area contributed by atoms with Crippen LogP contribution in [0.3, 0.4) is 0 Å². The minimum Gasteiger partial charge on any atom is -0.481 e. The van der Waals surface area contributed by atoms with Crippen LogP contribution in [0.5, 0.6) is 0 Å². The van der Waals surface area contributed by atoms with Gasteiger partial charge in [-0.15, -0.1) is 0 Å². The number of carboxylic acid groups (broad SMARTS) is 1. The lowest BCUT2D eigenvalue weighted by Gasteiger charge is -2.12. The number of unbranched alkanes of at least 4 members (excludes halogenated alkanes) is 13. The minimum atomic E-state index is -1.05. The number of rotatable bonds is 41. The van der Waals surface area contributed by atoms with Gasteiger partial charge in [-0.05, 0) is 32.6 Å². The molecule has 0 bridgehead atoms. The fourth-order valence-electron chi connectivity index (χ4n) is 5.57. The number of nitrogens with one attached hydrogen (secondary N) is 1. The van der Waals surface area contributed by atoms with E-state index in [9.17, 15) is 33.9 Å². The van der Waals surface area contributed by atoms with Crippen molar-refractivity contribution in [3.63, 3.8) is 0 Å². The van der Waals surface area contributed by atoms with Gasteiger partial charge in [-0.1, -0.05) is 90.9 Å². The van der Waals surface area contributed by atoms with Gasteiger partial charge in [-0.3, -0.25) is 24.0 Å². The Balaban J connectivity index is 3.66. The molecule has 0 radical (unpaired) electrons. The summed E-state index contributed by atoms with van der Waals surface area (Å²) in [5.41, 5.74) is 0. The third-order valence-electron chi connectivity index (χ3n) is 8.99. The van der Waals surface area contributed by atoms with Crippen LogP contribution in [0, 0.1) is 11.8 Å². The van der Waals surface area contributed by atoms with Gasteiger partial charge in [0.15, 0.2) is 11.6 Å². The zero-order valence-corrected chi connectivity index (χ0v) is 33.4. The number of amides is 1. The molecule has 0 aromatic carbocycles. The van der Waals surface area contributed by atoms with Gasteiger partial charge in [0.05, 0.1) is 39.0 Å². The number of carbonyl (C=O) groups excluding carboxylic acids is 5. The lowest BCUT2D eigenvalue weighted by molar-refractivity contribution is -0.144. The summed E-state index contributed by atoms with van der Waals surface area (Å²) < 4.78 is 21.4. The molecule has 0 unspecified atom stereocenters. The molecule has 2 N–H and O–H groups in total. The largest absolute Gasteiger partial charge is 0.481 e. The van der Waals surface area contributed by atoms with E-state index >= 15 is 0 Å². The molecule has 12 heteroatoms. The first kappa shape index (κ1) is 50.5. The minimum absolute atomic E-state index is 0.0122. The predicted molar refractivity (Wildman–Crippen MR) is 205 cm³/mol. The number of Topliss-reactive ketones (excluding diaryl/α,β-unsaturated/α-hetero) is 4. The molecule has 53 heavy (non-hydrogen) atoms. The molecule has 0 rings (SSSR count). The van der Waals surface area contributed by atoms with Gasteiger partial charge < -0.3 is 34.2 Å². The summed E-state index contributed by atoms with van der Waals surface area (Å²) in [7, 11) is 0. The van der Waals surface area contributed by atoms with Gasteiger partial charge in [0.2, 0.25) is 5.91 Å². The highest BCUT2D eigenvalue weighted by Gasteiger charge is 2.22. The number of hydrogen-bond donors (Lipinski definition) is 2. The van der Waals surface area contributed by atoms with Crippen LogP contribution in [0.15, 0.2) is 0 Å². The molecule has 0 aliphatic heterocycles. The van der Waals surface area contributed by atoms with Crippen LogP contribution in [-0.4, -0.2) is 99.5 Å². The fourth-order valence-corrected chi connectivity index (χ4v) is 5.57. The normalized spacial score (nSPS) is 11.8. The van der Waals surface area contributed by atoms with Crippen molar-refractivity contribution in [1.29, 1.82) is 0 Å². The lowest BCUT2D eigenvalue weighted by atomic mass is 9.94. The molecule has 0 aromatic rings. The number of carbonyl (C=O) groups is 6. The molecule has 0 aromatic heterocycles. The van der Waals surface area contributed by atoms with E-state index in [1.165, 1.54) is 51.4 Å². The van der Waals surface area contributed by atoms with E-state index in [0.717, 1.165) is 44.9 Å². The van der Waals surface area contributed by atoms with Crippen molar-refractivity contribution in [3.8, 4) is 0 Å². The second kappa shape index (κ2) is 36.4. The Labute approximate surface area is 319 Å². The number of ether oxygens (including phenoxy) is 4. The molecule has 308 valence electrons. The van der Waals surface area contributed by atoms with Gasteiger partial charge in [0.1, 0.15) is 24.8 Å². The highest BCUT2D eigenvalue weighted by molar-refractivity contribution is 5.84. The Bertz CT molecular complexity index is 985. The van der Waals surface area contributed by atoms with Crippen LogP contribution in [0.25, 0.3) is 0 Å².